The van der Waals surface area contributed by atoms with Crippen molar-refractivity contribution in [1.82, 2.24) is 10.2 Å². The first-order chi connectivity index (χ1) is 9.29. The zero-order valence-corrected chi connectivity index (χ0v) is 11.5. The third-order valence-electron chi connectivity index (χ3n) is 4.25. The van der Waals surface area contributed by atoms with E-state index in [9.17, 15) is 0 Å². The third kappa shape index (κ3) is 2.27. The van der Waals surface area contributed by atoms with Crippen molar-refractivity contribution in [3.63, 3.8) is 0 Å². The number of aromatic nitrogens is 2. The van der Waals surface area contributed by atoms with Gasteiger partial charge in [0.2, 0.25) is 0 Å². The molecule has 1 aliphatic rings. The van der Waals surface area contributed by atoms with Crippen molar-refractivity contribution in [2.45, 2.75) is 45.1 Å². The Bertz CT molecular complexity index is 554. The quantitative estimate of drug-likeness (QED) is 0.830. The van der Waals surface area contributed by atoms with Crippen LogP contribution in [0.1, 0.15) is 39.0 Å². The smallest absolute Gasteiger partial charge is 0.0672 e. The monoisotopic (exact) mass is 258 g/mol. The molecule has 0 radical (unpaired) electrons. The predicted octanol–water partition coefficient (Wildman–Crippen LogP) is 3.30. The Morgan fingerprint density at radius 3 is 2.84 bits per heavy atom. The van der Waals surface area contributed by atoms with Gasteiger partial charge >= 0.3 is 0 Å². The minimum Gasteiger partial charge on any atom is -0.397 e. The predicted molar refractivity (Wildman–Crippen MR) is 80.4 cm³/mol. The van der Waals surface area contributed by atoms with Crippen LogP contribution in [0.4, 0.5) is 11.4 Å². The summed E-state index contributed by atoms with van der Waals surface area (Å²) < 4.78 is 0. The number of fused-ring (bicyclic) bond motifs is 1. The van der Waals surface area contributed by atoms with E-state index in [1.54, 1.807) is 0 Å². The minimum atomic E-state index is 0.640. The third-order valence-corrected chi connectivity index (χ3v) is 4.25. The second kappa shape index (κ2) is 5.11. The summed E-state index contributed by atoms with van der Waals surface area (Å²) in [7, 11) is 0. The molecule has 1 saturated carbocycles. The van der Waals surface area contributed by atoms with Gasteiger partial charge in [0.25, 0.3) is 0 Å². The Morgan fingerprint density at radius 2 is 2.11 bits per heavy atom. The van der Waals surface area contributed by atoms with Gasteiger partial charge in [0, 0.05) is 18.0 Å². The van der Waals surface area contributed by atoms with E-state index in [-0.39, 0.29) is 0 Å². The Kier molecular flexibility index (Phi) is 3.32. The van der Waals surface area contributed by atoms with Crippen LogP contribution in [-0.4, -0.2) is 22.8 Å². The van der Waals surface area contributed by atoms with Crippen molar-refractivity contribution >= 4 is 22.3 Å². The lowest BCUT2D eigenvalue weighted by Gasteiger charge is -2.36. The molecule has 0 bridgehead atoms. The van der Waals surface area contributed by atoms with Crippen LogP contribution in [-0.2, 0) is 0 Å². The van der Waals surface area contributed by atoms with E-state index in [2.05, 4.69) is 28.1 Å². The molecule has 19 heavy (non-hydrogen) atoms. The summed E-state index contributed by atoms with van der Waals surface area (Å²) in [5, 5.41) is 8.20. The SMILES string of the molecule is CCN(c1cc2[nH]ncc2cc1N)C1CCCCC1. The van der Waals surface area contributed by atoms with Gasteiger partial charge in [-0.05, 0) is 31.9 Å². The normalized spacial score (nSPS) is 16.9. The first-order valence-corrected chi connectivity index (χ1v) is 7.29. The first kappa shape index (κ1) is 12.3. The molecule has 1 fully saturated rings. The fraction of sp³-hybridized carbons (Fsp3) is 0.533. The molecule has 0 unspecified atom stereocenters. The summed E-state index contributed by atoms with van der Waals surface area (Å²) in [5.74, 6) is 0. The van der Waals surface area contributed by atoms with Crippen LogP contribution in [0, 0.1) is 0 Å². The summed E-state index contributed by atoms with van der Waals surface area (Å²) in [4.78, 5) is 2.47. The number of rotatable bonds is 3. The van der Waals surface area contributed by atoms with E-state index in [1.807, 2.05) is 12.3 Å². The highest BCUT2D eigenvalue weighted by Crippen LogP contribution is 2.33. The van der Waals surface area contributed by atoms with Crippen molar-refractivity contribution in [3.8, 4) is 0 Å². The van der Waals surface area contributed by atoms with Crippen LogP contribution >= 0.6 is 0 Å². The fourth-order valence-electron chi connectivity index (χ4n) is 3.26. The number of H-pyrrole nitrogens is 1. The zero-order valence-electron chi connectivity index (χ0n) is 11.5. The lowest BCUT2D eigenvalue weighted by atomic mass is 9.93. The summed E-state index contributed by atoms with van der Waals surface area (Å²) in [6, 6.07) is 4.82. The highest BCUT2D eigenvalue weighted by Gasteiger charge is 2.22. The second-order valence-corrected chi connectivity index (χ2v) is 5.45. The summed E-state index contributed by atoms with van der Waals surface area (Å²) in [6.45, 7) is 3.22. The van der Waals surface area contributed by atoms with Crippen molar-refractivity contribution in [2.75, 3.05) is 17.2 Å². The standard InChI is InChI=1S/C15H22N4/c1-2-19(12-6-4-3-5-7-12)15-9-14-11(8-13(15)16)10-17-18-14/h8-10,12H,2-7,16H2,1H3,(H,17,18). The number of nitrogens with two attached hydrogens (primary N) is 1. The van der Waals surface area contributed by atoms with Crippen LogP contribution in [0.15, 0.2) is 18.3 Å². The van der Waals surface area contributed by atoms with E-state index >= 15 is 0 Å². The van der Waals surface area contributed by atoms with Gasteiger partial charge in [-0.1, -0.05) is 19.3 Å². The lowest BCUT2D eigenvalue weighted by Crippen LogP contribution is -2.37. The van der Waals surface area contributed by atoms with Gasteiger partial charge in [-0.3, -0.25) is 5.10 Å². The van der Waals surface area contributed by atoms with Gasteiger partial charge in [-0.15, -0.1) is 0 Å². The van der Waals surface area contributed by atoms with Gasteiger partial charge in [-0.2, -0.15) is 5.10 Å². The van der Waals surface area contributed by atoms with Gasteiger partial charge < -0.3 is 10.6 Å². The molecule has 3 rings (SSSR count). The van der Waals surface area contributed by atoms with E-state index in [1.165, 1.54) is 32.1 Å². The molecule has 0 aliphatic heterocycles. The average molecular weight is 258 g/mol. The Balaban J connectivity index is 1.97. The van der Waals surface area contributed by atoms with Crippen molar-refractivity contribution in [2.24, 2.45) is 0 Å². The highest BCUT2D eigenvalue weighted by molar-refractivity contribution is 5.89. The lowest BCUT2D eigenvalue weighted by molar-refractivity contribution is 0.418. The van der Waals surface area contributed by atoms with Crippen LogP contribution in [0.2, 0.25) is 0 Å². The zero-order chi connectivity index (χ0) is 13.2. The van der Waals surface area contributed by atoms with E-state index in [0.717, 1.165) is 28.8 Å². The number of nitrogens with one attached hydrogen (secondary N) is 1. The number of hydrogen-bond acceptors (Lipinski definition) is 3. The summed E-state index contributed by atoms with van der Waals surface area (Å²) >= 11 is 0. The number of anilines is 2. The molecule has 4 heteroatoms. The largest absolute Gasteiger partial charge is 0.397 e. The molecule has 3 N–H and O–H groups in total. The molecule has 2 aromatic rings. The molecular formula is C15H22N4. The maximum atomic E-state index is 6.25. The maximum Gasteiger partial charge on any atom is 0.0672 e. The Morgan fingerprint density at radius 1 is 1.32 bits per heavy atom. The molecular weight excluding hydrogens is 236 g/mol. The number of benzene rings is 1. The van der Waals surface area contributed by atoms with Crippen molar-refractivity contribution in [1.29, 1.82) is 0 Å². The molecule has 0 atom stereocenters. The maximum absolute atomic E-state index is 6.25. The molecule has 0 saturated heterocycles. The topological polar surface area (TPSA) is 57.9 Å². The van der Waals surface area contributed by atoms with Gasteiger partial charge in [0.05, 0.1) is 23.1 Å². The van der Waals surface area contributed by atoms with E-state index in [0.29, 0.717) is 6.04 Å². The number of aromatic amines is 1. The number of nitrogens with zero attached hydrogens (tertiary/aromatic N) is 2. The molecule has 0 amide bonds. The fourth-order valence-corrected chi connectivity index (χ4v) is 3.26. The Hall–Kier alpha value is -1.71. The average Bonchev–Trinajstić information content (AvgIpc) is 2.88. The molecule has 4 nitrogen and oxygen atoms in total. The highest BCUT2D eigenvalue weighted by atomic mass is 15.2. The number of hydrogen-bond donors (Lipinski definition) is 2. The summed E-state index contributed by atoms with van der Waals surface area (Å²) in [6.07, 6.45) is 8.46. The summed E-state index contributed by atoms with van der Waals surface area (Å²) in [5.41, 5.74) is 9.33. The van der Waals surface area contributed by atoms with Crippen LogP contribution in [0.25, 0.3) is 10.9 Å². The minimum absolute atomic E-state index is 0.640. The van der Waals surface area contributed by atoms with E-state index in [4.69, 9.17) is 5.73 Å². The van der Waals surface area contributed by atoms with Crippen molar-refractivity contribution < 1.29 is 0 Å². The molecule has 1 heterocycles. The van der Waals surface area contributed by atoms with E-state index < -0.39 is 0 Å². The van der Waals surface area contributed by atoms with Crippen molar-refractivity contribution in [3.05, 3.63) is 18.3 Å². The van der Waals surface area contributed by atoms with Crippen LogP contribution in [0.5, 0.6) is 0 Å². The number of nitrogen functional groups attached to an aromatic ring is 1. The van der Waals surface area contributed by atoms with Gasteiger partial charge in [0.15, 0.2) is 0 Å². The molecule has 1 aromatic heterocycles. The molecule has 102 valence electrons. The van der Waals surface area contributed by atoms with Gasteiger partial charge in [0.1, 0.15) is 0 Å². The Labute approximate surface area is 114 Å². The first-order valence-electron chi connectivity index (χ1n) is 7.29. The molecule has 1 aromatic carbocycles. The molecule has 1 aliphatic carbocycles. The second-order valence-electron chi connectivity index (χ2n) is 5.45. The molecule has 0 spiro atoms. The van der Waals surface area contributed by atoms with Gasteiger partial charge in [-0.25, -0.2) is 0 Å². The van der Waals surface area contributed by atoms with Crippen LogP contribution < -0.4 is 10.6 Å². The van der Waals surface area contributed by atoms with Crippen LogP contribution in [0.3, 0.4) is 0 Å².